The van der Waals surface area contributed by atoms with Gasteiger partial charge in [0.25, 0.3) is 5.91 Å². The van der Waals surface area contributed by atoms with Gasteiger partial charge in [-0.1, -0.05) is 12.1 Å². The van der Waals surface area contributed by atoms with Crippen molar-refractivity contribution in [1.29, 1.82) is 5.26 Å². The third-order valence-electron chi connectivity index (χ3n) is 4.60. The number of nitriles is 1. The number of aromatic nitrogens is 1. The number of halogens is 1. The third-order valence-corrected chi connectivity index (χ3v) is 5.28. The largest absolute Gasteiger partial charge is 0.494 e. The van der Waals surface area contributed by atoms with Gasteiger partial charge in [0.15, 0.2) is 0 Å². The van der Waals surface area contributed by atoms with Gasteiger partial charge in [-0.2, -0.15) is 5.26 Å². The molecule has 0 saturated carbocycles. The zero-order chi connectivity index (χ0) is 21.7. The van der Waals surface area contributed by atoms with Gasteiger partial charge in [0.05, 0.1) is 6.61 Å². The molecule has 0 fully saturated rings. The second-order valence-corrected chi connectivity index (χ2v) is 7.97. The van der Waals surface area contributed by atoms with Gasteiger partial charge in [0, 0.05) is 32.4 Å². The fraction of sp³-hybridized carbons (Fsp3) is 0.167. The molecule has 3 rings (SSSR count). The van der Waals surface area contributed by atoms with Crippen molar-refractivity contribution in [1.82, 2.24) is 4.57 Å². The van der Waals surface area contributed by atoms with Crippen LogP contribution in [0.5, 0.6) is 5.75 Å². The van der Waals surface area contributed by atoms with Crippen LogP contribution in [0.2, 0.25) is 0 Å². The van der Waals surface area contributed by atoms with Crippen LogP contribution in [-0.2, 0) is 4.79 Å². The molecule has 2 aromatic carbocycles. The molecule has 1 heterocycles. The molecule has 1 amide bonds. The van der Waals surface area contributed by atoms with Crippen molar-refractivity contribution in [3.05, 3.63) is 80.7 Å². The maximum Gasteiger partial charge on any atom is 0.266 e. The van der Waals surface area contributed by atoms with Crippen LogP contribution < -0.4 is 10.1 Å². The Hall–Kier alpha value is -3.05. The Bertz CT molecular complexity index is 1160. The summed E-state index contributed by atoms with van der Waals surface area (Å²) in [5.74, 6) is 0.212. The Kier molecular flexibility index (Phi) is 6.95. The molecule has 30 heavy (non-hydrogen) atoms. The summed E-state index contributed by atoms with van der Waals surface area (Å²) in [4.78, 5) is 12.7. The molecule has 0 radical (unpaired) electrons. The normalized spacial score (nSPS) is 11.1. The fourth-order valence-corrected chi connectivity index (χ4v) is 3.81. The Balaban J connectivity index is 1.89. The standard InChI is InChI=1S/C24H22IN3O2/c1-4-30-23-10-6-8-21(14-23)27-24(29)19(15-26)12-18-11-16(2)28(17(18)3)22-9-5-7-20(25)13-22/h5-14H,4H2,1-3H3,(H,27,29)/b19-12-. The van der Waals surface area contributed by atoms with E-state index < -0.39 is 5.91 Å². The summed E-state index contributed by atoms with van der Waals surface area (Å²) in [6, 6.07) is 19.3. The lowest BCUT2D eigenvalue weighted by molar-refractivity contribution is -0.112. The number of hydrogen-bond acceptors (Lipinski definition) is 3. The molecule has 5 nitrogen and oxygen atoms in total. The maximum absolute atomic E-state index is 12.7. The minimum atomic E-state index is -0.454. The first-order valence-electron chi connectivity index (χ1n) is 9.53. The van der Waals surface area contributed by atoms with Crippen LogP contribution in [0.1, 0.15) is 23.9 Å². The molecule has 3 aromatic rings. The molecule has 0 aliphatic rings. The first kappa shape index (κ1) is 21.7. The average molecular weight is 511 g/mol. The predicted octanol–water partition coefficient (Wildman–Crippen LogP) is 5.64. The number of nitrogens with one attached hydrogen (secondary N) is 1. The average Bonchev–Trinajstić information content (AvgIpc) is 2.99. The first-order valence-corrected chi connectivity index (χ1v) is 10.6. The second kappa shape index (κ2) is 9.63. The fourth-order valence-electron chi connectivity index (χ4n) is 3.28. The summed E-state index contributed by atoms with van der Waals surface area (Å²) in [5.41, 5.74) is 4.50. The molecule has 0 bridgehead atoms. The molecule has 152 valence electrons. The zero-order valence-corrected chi connectivity index (χ0v) is 19.2. The van der Waals surface area contributed by atoms with Crippen molar-refractivity contribution in [3.8, 4) is 17.5 Å². The Labute approximate surface area is 190 Å². The number of benzene rings is 2. The van der Waals surface area contributed by atoms with Crippen molar-refractivity contribution in [3.63, 3.8) is 0 Å². The molecule has 0 spiro atoms. The van der Waals surface area contributed by atoms with Crippen LogP contribution in [0.15, 0.2) is 60.2 Å². The van der Waals surface area contributed by atoms with Crippen molar-refractivity contribution in [2.24, 2.45) is 0 Å². The van der Waals surface area contributed by atoms with Crippen LogP contribution in [0.3, 0.4) is 0 Å². The van der Waals surface area contributed by atoms with E-state index in [1.54, 1.807) is 24.3 Å². The molecular weight excluding hydrogens is 489 g/mol. The summed E-state index contributed by atoms with van der Waals surface area (Å²) in [6.45, 7) is 6.43. The number of nitrogens with zero attached hydrogens (tertiary/aromatic N) is 2. The summed E-state index contributed by atoms with van der Waals surface area (Å²) in [6.07, 6.45) is 1.63. The molecule has 0 saturated heterocycles. The van der Waals surface area contributed by atoms with E-state index in [9.17, 15) is 10.1 Å². The number of ether oxygens (including phenoxy) is 1. The van der Waals surface area contributed by atoms with Crippen molar-refractivity contribution in [2.45, 2.75) is 20.8 Å². The number of carbonyl (C=O) groups is 1. The van der Waals surface area contributed by atoms with Gasteiger partial charge in [-0.3, -0.25) is 4.79 Å². The number of anilines is 1. The summed E-state index contributed by atoms with van der Waals surface area (Å²) in [7, 11) is 0. The van der Waals surface area contributed by atoms with Gasteiger partial charge in [0.2, 0.25) is 0 Å². The highest BCUT2D eigenvalue weighted by Gasteiger charge is 2.14. The van der Waals surface area contributed by atoms with Gasteiger partial charge in [0.1, 0.15) is 17.4 Å². The van der Waals surface area contributed by atoms with Crippen molar-refractivity contribution >= 4 is 40.3 Å². The molecule has 0 atom stereocenters. The van der Waals surface area contributed by atoms with E-state index in [0.717, 1.165) is 26.2 Å². The summed E-state index contributed by atoms with van der Waals surface area (Å²) >= 11 is 2.28. The van der Waals surface area contributed by atoms with E-state index in [1.165, 1.54) is 0 Å². The zero-order valence-electron chi connectivity index (χ0n) is 17.1. The van der Waals surface area contributed by atoms with Gasteiger partial charge >= 0.3 is 0 Å². The number of carbonyl (C=O) groups excluding carboxylic acids is 1. The van der Waals surface area contributed by atoms with Crippen molar-refractivity contribution < 1.29 is 9.53 Å². The van der Waals surface area contributed by atoms with E-state index in [0.29, 0.717) is 18.0 Å². The highest BCUT2D eigenvalue weighted by atomic mass is 127. The van der Waals surface area contributed by atoms with Crippen LogP contribution in [0.4, 0.5) is 5.69 Å². The topological polar surface area (TPSA) is 67.0 Å². The summed E-state index contributed by atoms with van der Waals surface area (Å²) < 4.78 is 8.72. The molecule has 1 N–H and O–H groups in total. The number of amides is 1. The van der Waals surface area contributed by atoms with E-state index in [1.807, 2.05) is 57.2 Å². The molecule has 1 aromatic heterocycles. The molecule has 0 aliphatic heterocycles. The molecule has 0 unspecified atom stereocenters. The first-order chi connectivity index (χ1) is 14.4. The van der Waals surface area contributed by atoms with Crippen LogP contribution >= 0.6 is 22.6 Å². The van der Waals surface area contributed by atoms with E-state index in [2.05, 4.69) is 38.5 Å². The smallest absolute Gasteiger partial charge is 0.266 e. The number of hydrogen-bond donors (Lipinski definition) is 1. The SMILES string of the molecule is CCOc1cccc(NC(=O)/C(C#N)=C\c2cc(C)n(-c3cccc(I)c3)c2C)c1. The second-order valence-electron chi connectivity index (χ2n) is 6.73. The number of rotatable bonds is 6. The van der Waals surface area contributed by atoms with Crippen LogP contribution in [-0.4, -0.2) is 17.1 Å². The lowest BCUT2D eigenvalue weighted by Gasteiger charge is -2.10. The maximum atomic E-state index is 12.7. The highest BCUT2D eigenvalue weighted by molar-refractivity contribution is 14.1. The minimum absolute atomic E-state index is 0.0414. The van der Waals surface area contributed by atoms with Gasteiger partial charge in [-0.25, -0.2) is 0 Å². The van der Waals surface area contributed by atoms with Crippen LogP contribution in [0, 0.1) is 28.7 Å². The van der Waals surface area contributed by atoms with Gasteiger partial charge in [-0.05, 0) is 91.4 Å². The van der Waals surface area contributed by atoms with Gasteiger partial charge < -0.3 is 14.6 Å². The van der Waals surface area contributed by atoms with E-state index in [-0.39, 0.29) is 5.57 Å². The summed E-state index contributed by atoms with van der Waals surface area (Å²) in [5, 5.41) is 12.4. The Morgan fingerprint density at radius 2 is 1.97 bits per heavy atom. The lowest BCUT2D eigenvalue weighted by Crippen LogP contribution is -2.13. The Morgan fingerprint density at radius 1 is 1.20 bits per heavy atom. The molecule has 0 aliphatic carbocycles. The lowest BCUT2D eigenvalue weighted by atomic mass is 10.1. The van der Waals surface area contributed by atoms with Crippen molar-refractivity contribution in [2.75, 3.05) is 11.9 Å². The van der Waals surface area contributed by atoms with Gasteiger partial charge in [-0.15, -0.1) is 0 Å². The number of aryl methyl sites for hydroxylation is 1. The monoisotopic (exact) mass is 511 g/mol. The highest BCUT2D eigenvalue weighted by Crippen LogP contribution is 2.24. The minimum Gasteiger partial charge on any atom is -0.494 e. The Morgan fingerprint density at radius 3 is 2.67 bits per heavy atom. The van der Waals surface area contributed by atoms with E-state index in [4.69, 9.17) is 4.74 Å². The quantitative estimate of drug-likeness (QED) is 0.265. The molecular formula is C24H22IN3O2. The van der Waals surface area contributed by atoms with Crippen LogP contribution in [0.25, 0.3) is 11.8 Å². The third kappa shape index (κ3) is 4.92. The molecule has 6 heteroatoms. The predicted molar refractivity (Wildman–Crippen MR) is 128 cm³/mol. The van der Waals surface area contributed by atoms with E-state index >= 15 is 0 Å².